The SMILES string of the molecule is CCC(=O)CCOCCOCCOCCOCCN.C[C@@H](Cc1ccc(OP(=O)(O)O)cc1)C(=O)N[C@H]1CCCCC2CC[C@@H](C(=O)N[C@@H](CCC(N)=O)C(=O)NCc3ccccc3)N2C1=O. The molecule has 0 aromatic heterocycles. The number of nitrogens with zero attached hydrogens (tertiary/aromatic N) is 1. The lowest BCUT2D eigenvalue weighted by atomic mass is 9.97. The molecular formula is C46H71N6O14P. The van der Waals surface area contributed by atoms with Crippen molar-refractivity contribution in [1.29, 1.82) is 0 Å². The van der Waals surface area contributed by atoms with E-state index in [2.05, 4.69) is 20.5 Å². The first-order chi connectivity index (χ1) is 32.1. The van der Waals surface area contributed by atoms with Crippen LogP contribution in [0, 0.1) is 5.92 Å². The molecule has 0 radical (unpaired) electrons. The zero-order chi connectivity index (χ0) is 49.0. The molecule has 2 aromatic carbocycles. The number of hydrogen-bond donors (Lipinski definition) is 7. The summed E-state index contributed by atoms with van der Waals surface area (Å²) in [6.45, 7) is 8.60. The monoisotopic (exact) mass is 962 g/mol. The minimum atomic E-state index is -4.69. The molecule has 0 spiro atoms. The third-order valence-electron chi connectivity index (χ3n) is 11.0. The summed E-state index contributed by atoms with van der Waals surface area (Å²) in [7, 11) is -4.69. The highest BCUT2D eigenvalue weighted by atomic mass is 31.2. The molecule has 21 heteroatoms. The van der Waals surface area contributed by atoms with Crippen molar-refractivity contribution in [3.63, 3.8) is 0 Å². The largest absolute Gasteiger partial charge is 0.524 e. The number of phosphoric acid groups is 1. The first-order valence-corrected chi connectivity index (χ1v) is 24.5. The van der Waals surface area contributed by atoms with Gasteiger partial charge in [-0.05, 0) is 61.8 Å². The average Bonchev–Trinajstić information content (AvgIpc) is 3.72. The van der Waals surface area contributed by atoms with Gasteiger partial charge in [-0.25, -0.2) is 4.57 Å². The smallest absolute Gasteiger partial charge is 0.404 e. The van der Waals surface area contributed by atoms with Crippen LogP contribution >= 0.6 is 7.82 Å². The summed E-state index contributed by atoms with van der Waals surface area (Å²) in [4.78, 5) is 96.1. The van der Waals surface area contributed by atoms with E-state index in [0.29, 0.717) is 97.9 Å². The molecular weight excluding hydrogens is 892 g/mol. The van der Waals surface area contributed by atoms with Gasteiger partial charge in [0, 0.05) is 44.3 Å². The zero-order valence-corrected chi connectivity index (χ0v) is 39.7. The fraction of sp³-hybridized carbons (Fsp3) is 0.609. The summed E-state index contributed by atoms with van der Waals surface area (Å²) in [5.41, 5.74) is 12.2. The standard InChI is InChI=1S/C33H44N5O9P.C13H27NO5/c1-21(19-22-11-14-25(15-12-22)47-48(44,45)46)30(40)37-27-10-6-5-9-24-13-17-28(38(24)33(27)43)32(42)36-26(16-18-29(34)39)31(41)35-20-23-7-3-2-4-8-23;1-2-13(15)3-5-16-7-9-18-11-12-19-10-8-17-6-4-14/h2-4,7-8,11-12,14-15,21,24,26-28H,5-6,9-10,13,16-20H2,1H3,(H2,34,39)(H,35,41)(H,36,42)(H,37,40)(H2,44,45,46);2-12,14H2,1H3/t21-,24?,26-,27-,28-;/m0./s1. The first kappa shape index (κ1) is 56.5. The second-order valence-corrected chi connectivity index (χ2v) is 17.5. The van der Waals surface area contributed by atoms with Crippen molar-refractivity contribution in [2.45, 2.75) is 115 Å². The van der Waals surface area contributed by atoms with Crippen LogP contribution in [-0.4, -0.2) is 134 Å². The van der Waals surface area contributed by atoms with Crippen molar-refractivity contribution in [2.24, 2.45) is 17.4 Å². The van der Waals surface area contributed by atoms with E-state index >= 15 is 0 Å². The van der Waals surface area contributed by atoms with Crippen LogP contribution in [0.15, 0.2) is 54.6 Å². The number of rotatable bonds is 29. The Kier molecular flexibility index (Phi) is 26.4. The molecule has 0 aliphatic carbocycles. The Morgan fingerprint density at radius 1 is 0.791 bits per heavy atom. The average molecular weight is 963 g/mol. The first-order valence-electron chi connectivity index (χ1n) is 23.0. The van der Waals surface area contributed by atoms with Gasteiger partial charge in [0.1, 0.15) is 29.7 Å². The van der Waals surface area contributed by atoms with E-state index in [1.165, 1.54) is 12.1 Å². The minimum Gasteiger partial charge on any atom is -0.404 e. The molecule has 4 rings (SSSR count). The van der Waals surface area contributed by atoms with E-state index in [4.69, 9.17) is 40.2 Å². The molecule has 2 fully saturated rings. The number of benzene rings is 2. The minimum absolute atomic E-state index is 0.00177. The summed E-state index contributed by atoms with van der Waals surface area (Å²) in [5, 5.41) is 8.45. The van der Waals surface area contributed by atoms with Crippen molar-refractivity contribution in [1.82, 2.24) is 20.9 Å². The number of carbonyl (C=O) groups is 6. The molecule has 2 aromatic rings. The number of primary amides is 1. The quantitative estimate of drug-likeness (QED) is 0.0454. The molecule has 2 heterocycles. The van der Waals surface area contributed by atoms with Crippen LogP contribution in [-0.2, 0) is 65.2 Å². The van der Waals surface area contributed by atoms with E-state index in [1.807, 2.05) is 37.3 Å². The maximum Gasteiger partial charge on any atom is 0.524 e. The van der Waals surface area contributed by atoms with Crippen LogP contribution in [0.2, 0.25) is 0 Å². The maximum atomic E-state index is 14.0. The van der Waals surface area contributed by atoms with Crippen molar-refractivity contribution in [2.75, 3.05) is 59.4 Å². The van der Waals surface area contributed by atoms with Gasteiger partial charge >= 0.3 is 7.82 Å². The highest BCUT2D eigenvalue weighted by molar-refractivity contribution is 7.46. The molecule has 1 unspecified atom stereocenters. The normalized spacial score (nSPS) is 18.0. The predicted octanol–water partition coefficient (Wildman–Crippen LogP) is 2.20. The molecule has 5 amide bonds. The number of ketones is 1. The van der Waals surface area contributed by atoms with E-state index in [9.17, 15) is 33.3 Å². The second kappa shape index (κ2) is 31.3. The summed E-state index contributed by atoms with van der Waals surface area (Å²) >= 11 is 0. The van der Waals surface area contributed by atoms with Crippen LogP contribution in [0.25, 0.3) is 0 Å². The molecule has 2 aliphatic rings. The summed E-state index contributed by atoms with van der Waals surface area (Å²) in [5.74, 6) is -2.58. The van der Waals surface area contributed by atoms with Gasteiger partial charge in [-0.2, -0.15) is 0 Å². The molecule has 2 aliphatic heterocycles. The van der Waals surface area contributed by atoms with Crippen LogP contribution in [0.1, 0.15) is 89.2 Å². The Morgan fingerprint density at radius 3 is 2.00 bits per heavy atom. The van der Waals surface area contributed by atoms with Crippen molar-refractivity contribution < 1.29 is 66.6 Å². The molecule has 374 valence electrons. The third-order valence-corrected chi connectivity index (χ3v) is 11.5. The summed E-state index contributed by atoms with van der Waals surface area (Å²) in [6.07, 6.45) is 4.93. The van der Waals surface area contributed by atoms with E-state index < -0.39 is 49.6 Å². The number of phosphoric ester groups is 1. The summed E-state index contributed by atoms with van der Waals surface area (Å²) < 4.78 is 36.6. The molecule has 20 nitrogen and oxygen atoms in total. The number of Topliss-reactive ketones (excluding diaryl/α,β-unsaturated/α-hetero) is 1. The highest BCUT2D eigenvalue weighted by Gasteiger charge is 2.44. The van der Waals surface area contributed by atoms with Gasteiger partial charge in [-0.15, -0.1) is 0 Å². The van der Waals surface area contributed by atoms with Crippen molar-refractivity contribution >= 4 is 43.1 Å². The van der Waals surface area contributed by atoms with Crippen LogP contribution < -0.4 is 31.9 Å². The number of fused-ring (bicyclic) bond motifs is 1. The van der Waals surface area contributed by atoms with E-state index in [-0.39, 0.29) is 48.8 Å². The lowest BCUT2D eigenvalue weighted by molar-refractivity contribution is -0.145. The van der Waals surface area contributed by atoms with Gasteiger partial charge in [0.25, 0.3) is 0 Å². The number of nitrogens with two attached hydrogens (primary N) is 2. The molecule has 0 saturated carbocycles. The van der Waals surface area contributed by atoms with E-state index in [0.717, 1.165) is 30.4 Å². The molecule has 5 atom stereocenters. The van der Waals surface area contributed by atoms with Gasteiger partial charge in [0.05, 0.1) is 52.9 Å². The van der Waals surface area contributed by atoms with Gasteiger partial charge in [-0.1, -0.05) is 69.2 Å². The number of ether oxygens (including phenoxy) is 4. The zero-order valence-electron chi connectivity index (χ0n) is 38.8. The van der Waals surface area contributed by atoms with Gasteiger partial charge in [0.2, 0.25) is 29.5 Å². The fourth-order valence-corrected chi connectivity index (χ4v) is 7.84. The Balaban J connectivity index is 0.000000528. The van der Waals surface area contributed by atoms with Gasteiger partial charge < -0.3 is 55.8 Å². The van der Waals surface area contributed by atoms with Crippen LogP contribution in [0.5, 0.6) is 5.75 Å². The van der Waals surface area contributed by atoms with Crippen molar-refractivity contribution in [3.05, 3.63) is 65.7 Å². The Bertz CT molecular complexity index is 1870. The van der Waals surface area contributed by atoms with Crippen LogP contribution in [0.4, 0.5) is 0 Å². The summed E-state index contributed by atoms with van der Waals surface area (Å²) in [6, 6.07) is 12.4. The molecule has 67 heavy (non-hydrogen) atoms. The topological polar surface area (TPSA) is 297 Å². The predicted molar refractivity (Wildman–Crippen MR) is 247 cm³/mol. The van der Waals surface area contributed by atoms with Crippen LogP contribution in [0.3, 0.4) is 0 Å². The third kappa shape index (κ3) is 22.7. The molecule has 2 saturated heterocycles. The second-order valence-electron chi connectivity index (χ2n) is 16.3. The van der Waals surface area contributed by atoms with Crippen molar-refractivity contribution in [3.8, 4) is 5.75 Å². The number of hydrogen-bond acceptors (Lipinski definition) is 13. The lowest BCUT2D eigenvalue weighted by Crippen LogP contribution is -2.58. The number of amides is 5. The van der Waals surface area contributed by atoms with Gasteiger partial charge in [-0.3, -0.25) is 38.6 Å². The van der Waals surface area contributed by atoms with Gasteiger partial charge in [0.15, 0.2) is 0 Å². The number of carbonyl (C=O) groups excluding carboxylic acids is 6. The maximum absolute atomic E-state index is 14.0. The fourth-order valence-electron chi connectivity index (χ4n) is 7.45. The highest BCUT2D eigenvalue weighted by Crippen LogP contribution is 2.37. The Labute approximate surface area is 393 Å². The molecule has 0 bridgehead atoms. The lowest BCUT2D eigenvalue weighted by Gasteiger charge is -2.36. The van der Waals surface area contributed by atoms with E-state index in [1.54, 1.807) is 24.0 Å². The number of nitrogens with one attached hydrogen (secondary N) is 3. The Morgan fingerprint density at radius 2 is 1.40 bits per heavy atom. The molecule has 9 N–H and O–H groups in total. The Hall–Kier alpha value is -4.79.